The molecular formula is C19H29F3N4O. The van der Waals surface area contributed by atoms with Crippen molar-refractivity contribution in [1.82, 2.24) is 15.5 Å². The number of nitrogens with zero attached hydrogens (tertiary/aromatic N) is 2. The smallest absolute Gasteiger partial charge is 0.405 e. The van der Waals surface area contributed by atoms with Gasteiger partial charge in [-0.1, -0.05) is 25.1 Å². The van der Waals surface area contributed by atoms with Crippen molar-refractivity contribution in [1.29, 1.82) is 0 Å². The van der Waals surface area contributed by atoms with E-state index in [0.29, 0.717) is 24.0 Å². The van der Waals surface area contributed by atoms with Crippen LogP contribution in [0, 0.1) is 5.92 Å². The highest BCUT2D eigenvalue weighted by Gasteiger charge is 2.31. The Labute approximate surface area is 159 Å². The molecule has 5 nitrogen and oxygen atoms in total. The lowest BCUT2D eigenvalue weighted by atomic mass is 9.98. The van der Waals surface area contributed by atoms with E-state index in [1.807, 2.05) is 6.92 Å². The molecule has 0 aromatic heterocycles. The third kappa shape index (κ3) is 7.66. The Morgan fingerprint density at radius 2 is 2.04 bits per heavy atom. The molecule has 0 saturated carbocycles. The number of rotatable bonds is 7. The molecule has 0 radical (unpaired) electrons. The summed E-state index contributed by atoms with van der Waals surface area (Å²) in [5, 5.41) is 6.47. The fourth-order valence-electron chi connectivity index (χ4n) is 3.21. The second-order valence-electron chi connectivity index (χ2n) is 6.63. The van der Waals surface area contributed by atoms with E-state index in [9.17, 15) is 13.2 Å². The zero-order chi connectivity index (χ0) is 19.7. The van der Waals surface area contributed by atoms with Crippen molar-refractivity contribution in [3.05, 3.63) is 29.8 Å². The van der Waals surface area contributed by atoms with Crippen LogP contribution in [0.2, 0.25) is 0 Å². The number of halogens is 3. The minimum absolute atomic E-state index is 0.105. The highest BCUT2D eigenvalue weighted by molar-refractivity contribution is 5.79. The summed E-state index contributed by atoms with van der Waals surface area (Å²) in [6, 6.07) is 6.09. The molecule has 2 N–H and O–H groups in total. The number of nitrogens with one attached hydrogen (secondary N) is 2. The van der Waals surface area contributed by atoms with Gasteiger partial charge >= 0.3 is 6.36 Å². The van der Waals surface area contributed by atoms with Crippen LogP contribution in [0.4, 0.5) is 13.2 Å². The number of guanidine groups is 1. The lowest BCUT2D eigenvalue weighted by Crippen LogP contribution is -2.44. The van der Waals surface area contributed by atoms with Crippen LogP contribution >= 0.6 is 0 Å². The van der Waals surface area contributed by atoms with Crippen LogP contribution in [0.5, 0.6) is 5.75 Å². The molecule has 0 amide bonds. The summed E-state index contributed by atoms with van der Waals surface area (Å²) in [4.78, 5) is 6.87. The van der Waals surface area contributed by atoms with Gasteiger partial charge < -0.3 is 20.3 Å². The molecule has 0 bridgehead atoms. The van der Waals surface area contributed by atoms with Crippen LogP contribution in [-0.2, 0) is 6.54 Å². The van der Waals surface area contributed by atoms with E-state index in [1.165, 1.54) is 25.0 Å². The molecule has 2 rings (SSSR count). The third-order valence-electron chi connectivity index (χ3n) is 4.56. The van der Waals surface area contributed by atoms with Gasteiger partial charge in [-0.3, -0.25) is 0 Å². The van der Waals surface area contributed by atoms with E-state index < -0.39 is 6.36 Å². The van der Waals surface area contributed by atoms with E-state index in [1.54, 1.807) is 12.1 Å². The van der Waals surface area contributed by atoms with Crippen molar-refractivity contribution in [2.75, 3.05) is 32.7 Å². The minimum Gasteiger partial charge on any atom is -0.405 e. The minimum atomic E-state index is -4.71. The van der Waals surface area contributed by atoms with Crippen LogP contribution in [-0.4, -0.2) is 49.9 Å². The first kappa shape index (κ1) is 21.3. The van der Waals surface area contributed by atoms with Gasteiger partial charge in [0.1, 0.15) is 5.75 Å². The lowest BCUT2D eigenvalue weighted by molar-refractivity contribution is -0.274. The Kier molecular flexibility index (Phi) is 8.22. The second-order valence-corrected chi connectivity index (χ2v) is 6.63. The number of benzene rings is 1. The summed E-state index contributed by atoms with van der Waals surface area (Å²) in [7, 11) is 0. The van der Waals surface area contributed by atoms with Gasteiger partial charge in [-0.2, -0.15) is 0 Å². The maximum Gasteiger partial charge on any atom is 0.573 e. The number of hydrogen-bond acceptors (Lipinski definition) is 3. The first-order chi connectivity index (χ1) is 12.9. The molecule has 1 atom stereocenters. The van der Waals surface area contributed by atoms with E-state index in [0.717, 1.165) is 26.2 Å². The summed E-state index contributed by atoms with van der Waals surface area (Å²) in [6.45, 7) is 8.97. The number of alkyl halides is 3. The molecule has 1 aliphatic rings. The predicted octanol–water partition coefficient (Wildman–Crippen LogP) is 3.37. The molecule has 1 heterocycles. The number of aliphatic imine (C=N–C) groups is 1. The third-order valence-corrected chi connectivity index (χ3v) is 4.56. The van der Waals surface area contributed by atoms with Crippen molar-refractivity contribution in [3.63, 3.8) is 0 Å². The first-order valence-electron chi connectivity index (χ1n) is 9.49. The largest absolute Gasteiger partial charge is 0.573 e. The average Bonchev–Trinajstić information content (AvgIpc) is 2.64. The summed E-state index contributed by atoms with van der Waals surface area (Å²) in [5.74, 6) is 0.937. The molecule has 0 spiro atoms. The quantitative estimate of drug-likeness (QED) is 0.557. The van der Waals surface area contributed by atoms with Gasteiger partial charge in [-0.05, 0) is 44.8 Å². The predicted molar refractivity (Wildman–Crippen MR) is 101 cm³/mol. The van der Waals surface area contributed by atoms with Gasteiger partial charge in [0, 0.05) is 25.2 Å². The van der Waals surface area contributed by atoms with E-state index in [2.05, 4.69) is 32.2 Å². The monoisotopic (exact) mass is 386 g/mol. The van der Waals surface area contributed by atoms with Gasteiger partial charge in [0.25, 0.3) is 0 Å². The Morgan fingerprint density at radius 1 is 1.26 bits per heavy atom. The number of hydrogen-bond donors (Lipinski definition) is 2. The SMILES string of the molecule is CCNC(=NCc1ccccc1OC(F)(F)F)NCC1CCCN(CC)C1. The fraction of sp³-hybridized carbons (Fsp3) is 0.632. The van der Waals surface area contributed by atoms with E-state index in [4.69, 9.17) is 0 Å². The van der Waals surface area contributed by atoms with Crippen LogP contribution in [0.25, 0.3) is 0 Å². The molecule has 1 fully saturated rings. The molecule has 1 aromatic carbocycles. The van der Waals surface area contributed by atoms with Crippen molar-refractivity contribution in [2.24, 2.45) is 10.9 Å². The van der Waals surface area contributed by atoms with Crippen LogP contribution in [0.1, 0.15) is 32.3 Å². The standard InChI is InChI=1S/C19H29F3N4O/c1-3-23-18(24-12-15-8-7-11-26(4-2)14-15)25-13-16-9-5-6-10-17(16)27-19(20,21)22/h5-6,9-10,15H,3-4,7-8,11-14H2,1-2H3,(H2,23,24,25). The highest BCUT2D eigenvalue weighted by Crippen LogP contribution is 2.26. The maximum absolute atomic E-state index is 12.5. The number of piperidine rings is 1. The summed E-state index contributed by atoms with van der Waals surface area (Å²) in [5.41, 5.74) is 0.391. The van der Waals surface area contributed by atoms with Crippen LogP contribution < -0.4 is 15.4 Å². The van der Waals surface area contributed by atoms with Crippen LogP contribution in [0.3, 0.4) is 0 Å². The van der Waals surface area contributed by atoms with Crippen LogP contribution in [0.15, 0.2) is 29.3 Å². The average molecular weight is 386 g/mol. The molecule has 152 valence electrons. The Bertz CT molecular complexity index is 607. The lowest BCUT2D eigenvalue weighted by Gasteiger charge is -2.32. The Morgan fingerprint density at radius 3 is 2.74 bits per heavy atom. The van der Waals surface area contributed by atoms with Crippen molar-refractivity contribution in [2.45, 2.75) is 39.6 Å². The number of likely N-dealkylation sites (tertiary alicyclic amines) is 1. The molecular weight excluding hydrogens is 357 g/mol. The van der Waals surface area contributed by atoms with E-state index in [-0.39, 0.29) is 12.3 Å². The normalized spacial score (nSPS) is 19.0. The summed E-state index contributed by atoms with van der Waals surface area (Å²) < 4.78 is 41.7. The van der Waals surface area contributed by atoms with E-state index >= 15 is 0 Å². The van der Waals surface area contributed by atoms with Gasteiger partial charge in [0.15, 0.2) is 5.96 Å². The second kappa shape index (κ2) is 10.4. The van der Waals surface area contributed by atoms with Crippen molar-refractivity contribution < 1.29 is 17.9 Å². The molecule has 1 aromatic rings. The molecule has 27 heavy (non-hydrogen) atoms. The maximum atomic E-state index is 12.5. The van der Waals surface area contributed by atoms with Crippen molar-refractivity contribution in [3.8, 4) is 5.75 Å². The number of ether oxygens (including phenoxy) is 1. The molecule has 1 unspecified atom stereocenters. The summed E-state index contributed by atoms with van der Waals surface area (Å²) in [6.07, 6.45) is -2.35. The zero-order valence-corrected chi connectivity index (χ0v) is 16.0. The first-order valence-corrected chi connectivity index (χ1v) is 9.49. The Balaban J connectivity index is 1.97. The van der Waals surface area contributed by atoms with Crippen molar-refractivity contribution >= 4 is 5.96 Å². The summed E-state index contributed by atoms with van der Waals surface area (Å²) >= 11 is 0. The van der Waals surface area contributed by atoms with Gasteiger partial charge in [-0.25, -0.2) is 4.99 Å². The topological polar surface area (TPSA) is 48.9 Å². The zero-order valence-electron chi connectivity index (χ0n) is 16.0. The van der Waals surface area contributed by atoms with Gasteiger partial charge in [0.2, 0.25) is 0 Å². The highest BCUT2D eigenvalue weighted by atomic mass is 19.4. The molecule has 1 aliphatic heterocycles. The molecule has 0 aliphatic carbocycles. The molecule has 8 heteroatoms. The molecule has 1 saturated heterocycles. The van der Waals surface area contributed by atoms with Gasteiger partial charge in [-0.15, -0.1) is 13.2 Å². The van der Waals surface area contributed by atoms with Gasteiger partial charge in [0.05, 0.1) is 6.54 Å². The number of para-hydroxylation sites is 1. The fourth-order valence-corrected chi connectivity index (χ4v) is 3.21. The Hall–Kier alpha value is -1.96.